The number of nitro benzene ring substituents is 1. The SMILES string of the molecule is CN1CCN(Nc2ccc(Br)cc2[N+](=O)[O-])CC1. The molecular weight excluding hydrogens is 300 g/mol. The third-order valence-electron chi connectivity index (χ3n) is 2.94. The van der Waals surface area contributed by atoms with Crippen LogP contribution in [-0.2, 0) is 0 Å². The summed E-state index contributed by atoms with van der Waals surface area (Å²) in [5.74, 6) is 0. The largest absolute Gasteiger partial charge is 0.313 e. The fraction of sp³-hybridized carbons (Fsp3) is 0.455. The van der Waals surface area contributed by atoms with Crippen LogP contribution in [0.3, 0.4) is 0 Å². The van der Waals surface area contributed by atoms with Gasteiger partial charge in [-0.1, -0.05) is 15.9 Å². The lowest BCUT2D eigenvalue weighted by atomic mass is 10.3. The van der Waals surface area contributed by atoms with Crippen molar-refractivity contribution >= 4 is 27.3 Å². The summed E-state index contributed by atoms with van der Waals surface area (Å²) in [6.45, 7) is 3.61. The molecule has 0 atom stereocenters. The molecule has 1 N–H and O–H groups in total. The molecule has 1 aliphatic rings. The van der Waals surface area contributed by atoms with E-state index in [-0.39, 0.29) is 10.6 Å². The monoisotopic (exact) mass is 314 g/mol. The van der Waals surface area contributed by atoms with Gasteiger partial charge in [0.1, 0.15) is 5.69 Å². The van der Waals surface area contributed by atoms with Crippen LogP contribution in [0.5, 0.6) is 0 Å². The van der Waals surface area contributed by atoms with Crippen molar-refractivity contribution in [2.45, 2.75) is 0 Å². The van der Waals surface area contributed by atoms with Crippen LogP contribution in [0.1, 0.15) is 0 Å². The highest BCUT2D eigenvalue weighted by molar-refractivity contribution is 9.10. The molecule has 1 aliphatic heterocycles. The summed E-state index contributed by atoms with van der Waals surface area (Å²) < 4.78 is 0.707. The normalized spacial score (nSPS) is 17.7. The Hall–Kier alpha value is -1.18. The molecule has 1 aromatic rings. The highest BCUT2D eigenvalue weighted by atomic mass is 79.9. The van der Waals surface area contributed by atoms with Crippen molar-refractivity contribution < 1.29 is 4.92 Å². The molecule has 1 heterocycles. The molecule has 0 bridgehead atoms. The van der Waals surface area contributed by atoms with E-state index in [0.29, 0.717) is 10.2 Å². The van der Waals surface area contributed by atoms with Gasteiger partial charge in [-0.25, -0.2) is 5.01 Å². The van der Waals surface area contributed by atoms with Gasteiger partial charge in [0.2, 0.25) is 0 Å². The molecule has 0 spiro atoms. The summed E-state index contributed by atoms with van der Waals surface area (Å²) in [5, 5.41) is 13.0. The fourth-order valence-corrected chi connectivity index (χ4v) is 2.19. The van der Waals surface area contributed by atoms with Gasteiger partial charge in [0.25, 0.3) is 5.69 Å². The summed E-state index contributed by atoms with van der Waals surface area (Å²) in [6.07, 6.45) is 0. The van der Waals surface area contributed by atoms with Crippen molar-refractivity contribution in [3.63, 3.8) is 0 Å². The average molecular weight is 315 g/mol. The number of hydrazine groups is 1. The number of hydrogen-bond acceptors (Lipinski definition) is 5. The Labute approximate surface area is 114 Å². The second-order valence-electron chi connectivity index (χ2n) is 4.32. The van der Waals surface area contributed by atoms with Crippen LogP contribution in [0.2, 0.25) is 0 Å². The maximum absolute atomic E-state index is 11.0. The zero-order chi connectivity index (χ0) is 13.1. The fourth-order valence-electron chi connectivity index (χ4n) is 1.84. The van der Waals surface area contributed by atoms with Gasteiger partial charge in [-0.05, 0) is 19.2 Å². The molecule has 2 rings (SSSR count). The molecule has 1 fully saturated rings. The molecule has 98 valence electrons. The third-order valence-corrected chi connectivity index (χ3v) is 3.43. The van der Waals surface area contributed by atoms with Crippen LogP contribution < -0.4 is 5.43 Å². The molecule has 0 amide bonds. The van der Waals surface area contributed by atoms with Crippen LogP contribution in [0.4, 0.5) is 11.4 Å². The topological polar surface area (TPSA) is 61.6 Å². The minimum atomic E-state index is -0.372. The predicted octanol–water partition coefficient (Wildman–Crippen LogP) is 1.93. The second kappa shape index (κ2) is 5.64. The first-order chi connectivity index (χ1) is 8.56. The van der Waals surface area contributed by atoms with Gasteiger partial charge in [0.05, 0.1) is 4.92 Å². The van der Waals surface area contributed by atoms with Crippen molar-refractivity contribution in [1.29, 1.82) is 0 Å². The standard InChI is InChI=1S/C11H15BrN4O2/c1-14-4-6-15(7-5-14)13-10-3-2-9(12)8-11(10)16(17)18/h2-3,8,13H,4-7H2,1H3. The van der Waals surface area contributed by atoms with Gasteiger partial charge in [0, 0.05) is 36.7 Å². The maximum Gasteiger partial charge on any atom is 0.294 e. The Balaban J connectivity index is 2.11. The van der Waals surface area contributed by atoms with Gasteiger partial charge in [-0.15, -0.1) is 0 Å². The molecule has 0 saturated carbocycles. The first kappa shape index (κ1) is 13.3. The van der Waals surface area contributed by atoms with Crippen LogP contribution in [0, 0.1) is 10.1 Å². The molecule has 6 nitrogen and oxygen atoms in total. The Morgan fingerprint density at radius 1 is 1.33 bits per heavy atom. The molecule has 0 aliphatic carbocycles. The average Bonchev–Trinajstić information content (AvgIpc) is 2.34. The van der Waals surface area contributed by atoms with Crippen molar-refractivity contribution in [2.24, 2.45) is 0 Å². The lowest BCUT2D eigenvalue weighted by Gasteiger charge is -2.32. The van der Waals surface area contributed by atoms with E-state index in [1.165, 1.54) is 6.07 Å². The van der Waals surface area contributed by atoms with E-state index in [0.717, 1.165) is 26.2 Å². The van der Waals surface area contributed by atoms with Gasteiger partial charge in [-0.2, -0.15) is 0 Å². The second-order valence-corrected chi connectivity index (χ2v) is 5.24. The first-order valence-electron chi connectivity index (χ1n) is 5.70. The lowest BCUT2D eigenvalue weighted by Crippen LogP contribution is -2.47. The van der Waals surface area contributed by atoms with Crippen molar-refractivity contribution in [3.8, 4) is 0 Å². The van der Waals surface area contributed by atoms with Crippen molar-refractivity contribution in [3.05, 3.63) is 32.8 Å². The van der Waals surface area contributed by atoms with E-state index in [2.05, 4.69) is 33.3 Å². The summed E-state index contributed by atoms with van der Waals surface area (Å²) in [6, 6.07) is 5.03. The number of rotatable bonds is 3. The van der Waals surface area contributed by atoms with Crippen molar-refractivity contribution in [1.82, 2.24) is 9.91 Å². The van der Waals surface area contributed by atoms with Gasteiger partial charge < -0.3 is 10.3 Å². The Morgan fingerprint density at radius 2 is 2.00 bits per heavy atom. The molecule has 0 radical (unpaired) electrons. The van der Waals surface area contributed by atoms with Crippen molar-refractivity contribution in [2.75, 3.05) is 38.7 Å². The summed E-state index contributed by atoms with van der Waals surface area (Å²) in [5.41, 5.74) is 3.74. The Bertz CT molecular complexity index is 447. The molecule has 0 unspecified atom stereocenters. The number of nitrogens with zero attached hydrogens (tertiary/aromatic N) is 3. The lowest BCUT2D eigenvalue weighted by molar-refractivity contribution is -0.384. The number of nitrogens with one attached hydrogen (secondary N) is 1. The number of likely N-dealkylation sites (N-methyl/N-ethyl adjacent to an activating group) is 1. The summed E-state index contributed by atoms with van der Waals surface area (Å²) >= 11 is 3.25. The van der Waals surface area contributed by atoms with Crippen LogP contribution in [0.25, 0.3) is 0 Å². The van der Waals surface area contributed by atoms with E-state index in [1.807, 2.05) is 5.01 Å². The number of piperazine rings is 1. The van der Waals surface area contributed by atoms with Gasteiger partial charge in [0.15, 0.2) is 0 Å². The smallest absolute Gasteiger partial charge is 0.294 e. The van der Waals surface area contributed by atoms with E-state index in [9.17, 15) is 10.1 Å². The zero-order valence-corrected chi connectivity index (χ0v) is 11.7. The van der Waals surface area contributed by atoms with Crippen LogP contribution in [-0.4, -0.2) is 48.1 Å². The Kier molecular flexibility index (Phi) is 4.15. The number of halogens is 1. The highest BCUT2D eigenvalue weighted by Crippen LogP contribution is 2.28. The minimum absolute atomic E-state index is 0.0864. The van der Waals surface area contributed by atoms with Crippen LogP contribution >= 0.6 is 15.9 Å². The minimum Gasteiger partial charge on any atom is -0.313 e. The van der Waals surface area contributed by atoms with Crippen LogP contribution in [0.15, 0.2) is 22.7 Å². The quantitative estimate of drug-likeness (QED) is 0.682. The number of hydrogen-bond donors (Lipinski definition) is 1. The van der Waals surface area contributed by atoms with Gasteiger partial charge in [-0.3, -0.25) is 10.1 Å². The zero-order valence-electron chi connectivity index (χ0n) is 10.1. The Morgan fingerprint density at radius 3 is 2.61 bits per heavy atom. The molecule has 0 aromatic heterocycles. The van der Waals surface area contributed by atoms with E-state index in [4.69, 9.17) is 0 Å². The van der Waals surface area contributed by atoms with E-state index in [1.54, 1.807) is 12.1 Å². The van der Waals surface area contributed by atoms with Gasteiger partial charge >= 0.3 is 0 Å². The molecule has 7 heteroatoms. The molecular formula is C11H15BrN4O2. The summed E-state index contributed by atoms with van der Waals surface area (Å²) in [4.78, 5) is 12.8. The maximum atomic E-state index is 11.0. The first-order valence-corrected chi connectivity index (χ1v) is 6.49. The number of benzene rings is 1. The predicted molar refractivity (Wildman–Crippen MR) is 73.5 cm³/mol. The summed E-state index contributed by atoms with van der Waals surface area (Å²) in [7, 11) is 2.07. The molecule has 1 saturated heterocycles. The highest BCUT2D eigenvalue weighted by Gasteiger charge is 2.19. The number of nitro groups is 1. The number of anilines is 1. The molecule has 18 heavy (non-hydrogen) atoms. The van der Waals surface area contributed by atoms with E-state index < -0.39 is 0 Å². The molecule has 1 aromatic carbocycles. The third kappa shape index (κ3) is 3.18. The van der Waals surface area contributed by atoms with E-state index >= 15 is 0 Å².